The summed E-state index contributed by atoms with van der Waals surface area (Å²) >= 11 is 3.39. The van der Waals surface area contributed by atoms with Crippen molar-refractivity contribution in [2.45, 2.75) is 19.3 Å². The van der Waals surface area contributed by atoms with Gasteiger partial charge in [0.1, 0.15) is 0 Å². The van der Waals surface area contributed by atoms with E-state index < -0.39 is 5.97 Å². The van der Waals surface area contributed by atoms with Crippen molar-refractivity contribution in [1.82, 2.24) is 4.90 Å². The fourth-order valence-electron chi connectivity index (χ4n) is 3.37. The molecule has 1 unspecified atom stereocenters. The largest absolute Gasteiger partial charge is 0.481 e. The molecular weight excluding hydrogens is 376 g/mol. The van der Waals surface area contributed by atoms with Crippen LogP contribution in [0, 0.1) is 11.8 Å². The number of hydrogen-bond donors (Lipinski definition) is 1. The number of carbonyl (C=O) groups excluding carboxylic acids is 2. The summed E-state index contributed by atoms with van der Waals surface area (Å²) in [6, 6.07) is 7.47. The van der Waals surface area contributed by atoms with Gasteiger partial charge in [0.25, 0.3) is 0 Å². The average Bonchev–Trinajstić information content (AvgIpc) is 2.96. The minimum atomic E-state index is -0.793. The van der Waals surface area contributed by atoms with Gasteiger partial charge in [-0.2, -0.15) is 0 Å². The number of carboxylic acid groups (broad SMARTS) is 1. The monoisotopic (exact) mass is 394 g/mol. The SMILES string of the molecule is O=C(O)C1CCN(C(=O)C2CC(=O)N(c3cccc(Br)c3)C2)CC1. The summed E-state index contributed by atoms with van der Waals surface area (Å²) in [5.74, 6) is -1.59. The predicted molar refractivity (Wildman–Crippen MR) is 91.5 cm³/mol. The maximum Gasteiger partial charge on any atom is 0.306 e. The maximum atomic E-state index is 12.7. The second-order valence-corrected chi connectivity index (χ2v) is 7.24. The van der Waals surface area contributed by atoms with Crippen molar-refractivity contribution in [2.24, 2.45) is 11.8 Å². The Bertz CT molecular complexity index is 670. The van der Waals surface area contributed by atoms with Crippen molar-refractivity contribution < 1.29 is 19.5 Å². The quantitative estimate of drug-likeness (QED) is 0.851. The number of likely N-dealkylation sites (tertiary alicyclic amines) is 1. The first-order chi connectivity index (χ1) is 11.5. The lowest BCUT2D eigenvalue weighted by molar-refractivity contribution is -0.146. The van der Waals surface area contributed by atoms with Gasteiger partial charge < -0.3 is 14.9 Å². The number of hydrogen-bond acceptors (Lipinski definition) is 3. The molecule has 24 heavy (non-hydrogen) atoms. The van der Waals surface area contributed by atoms with Gasteiger partial charge in [0, 0.05) is 36.2 Å². The van der Waals surface area contributed by atoms with E-state index in [4.69, 9.17) is 5.11 Å². The van der Waals surface area contributed by atoms with Crippen LogP contribution in [-0.2, 0) is 14.4 Å². The Morgan fingerprint density at radius 2 is 1.88 bits per heavy atom. The zero-order chi connectivity index (χ0) is 17.3. The van der Waals surface area contributed by atoms with Crippen LogP contribution in [0.15, 0.2) is 28.7 Å². The highest BCUT2D eigenvalue weighted by Crippen LogP contribution is 2.29. The smallest absolute Gasteiger partial charge is 0.306 e. The van der Waals surface area contributed by atoms with Crippen molar-refractivity contribution in [3.63, 3.8) is 0 Å². The maximum absolute atomic E-state index is 12.7. The highest BCUT2D eigenvalue weighted by molar-refractivity contribution is 9.10. The highest BCUT2D eigenvalue weighted by atomic mass is 79.9. The number of nitrogens with zero attached hydrogens (tertiary/aromatic N) is 2. The summed E-state index contributed by atoms with van der Waals surface area (Å²) in [6.07, 6.45) is 1.18. The molecule has 7 heteroatoms. The van der Waals surface area contributed by atoms with Crippen LogP contribution in [0.1, 0.15) is 19.3 Å². The second kappa shape index (κ2) is 6.93. The summed E-state index contributed by atoms with van der Waals surface area (Å²) in [6.45, 7) is 1.29. The summed E-state index contributed by atoms with van der Waals surface area (Å²) in [5, 5.41) is 9.03. The molecule has 0 aromatic heterocycles. The first kappa shape index (κ1) is 17.0. The highest BCUT2D eigenvalue weighted by Gasteiger charge is 2.38. The molecule has 1 atom stereocenters. The topological polar surface area (TPSA) is 77.9 Å². The van der Waals surface area contributed by atoms with Crippen LogP contribution in [-0.4, -0.2) is 47.4 Å². The van der Waals surface area contributed by atoms with Crippen molar-refractivity contribution in [1.29, 1.82) is 0 Å². The van der Waals surface area contributed by atoms with E-state index in [0.29, 0.717) is 32.5 Å². The average molecular weight is 395 g/mol. The molecule has 0 saturated carbocycles. The van der Waals surface area contributed by atoms with E-state index in [1.54, 1.807) is 9.80 Å². The van der Waals surface area contributed by atoms with Gasteiger partial charge >= 0.3 is 5.97 Å². The van der Waals surface area contributed by atoms with Gasteiger partial charge in [-0.05, 0) is 31.0 Å². The summed E-state index contributed by atoms with van der Waals surface area (Å²) in [7, 11) is 0. The van der Waals surface area contributed by atoms with Crippen LogP contribution < -0.4 is 4.90 Å². The Labute approximate surface area is 148 Å². The first-order valence-electron chi connectivity index (χ1n) is 8.03. The molecule has 2 heterocycles. The molecule has 0 spiro atoms. The Balaban J connectivity index is 1.63. The first-order valence-corrected chi connectivity index (χ1v) is 8.82. The van der Waals surface area contributed by atoms with Crippen molar-refractivity contribution in [3.05, 3.63) is 28.7 Å². The van der Waals surface area contributed by atoms with Gasteiger partial charge in [0.05, 0.1) is 11.8 Å². The molecule has 2 amide bonds. The number of piperidine rings is 1. The van der Waals surface area contributed by atoms with Gasteiger partial charge in [0.2, 0.25) is 11.8 Å². The molecule has 3 rings (SSSR count). The van der Waals surface area contributed by atoms with Crippen molar-refractivity contribution in [3.8, 4) is 0 Å². The molecule has 2 aliphatic rings. The Morgan fingerprint density at radius 3 is 2.50 bits per heavy atom. The van der Waals surface area contributed by atoms with Crippen molar-refractivity contribution in [2.75, 3.05) is 24.5 Å². The van der Waals surface area contributed by atoms with E-state index in [1.165, 1.54) is 0 Å². The Hall–Kier alpha value is -1.89. The van der Waals surface area contributed by atoms with E-state index in [9.17, 15) is 14.4 Å². The molecule has 2 fully saturated rings. The molecule has 128 valence electrons. The van der Waals surface area contributed by atoms with Gasteiger partial charge in [-0.3, -0.25) is 14.4 Å². The van der Waals surface area contributed by atoms with Gasteiger partial charge in [0.15, 0.2) is 0 Å². The normalized spacial score (nSPS) is 22.0. The number of amides is 2. The van der Waals surface area contributed by atoms with Crippen LogP contribution in [0.5, 0.6) is 0 Å². The van der Waals surface area contributed by atoms with E-state index in [-0.39, 0.29) is 30.1 Å². The third-order valence-corrected chi connectivity index (χ3v) is 5.24. The van der Waals surface area contributed by atoms with E-state index in [0.717, 1.165) is 10.2 Å². The van der Waals surface area contributed by atoms with Crippen LogP contribution in [0.3, 0.4) is 0 Å². The Morgan fingerprint density at radius 1 is 1.17 bits per heavy atom. The zero-order valence-corrected chi connectivity index (χ0v) is 14.7. The molecule has 6 nitrogen and oxygen atoms in total. The molecule has 1 aromatic carbocycles. The molecule has 1 N–H and O–H groups in total. The summed E-state index contributed by atoms with van der Waals surface area (Å²) in [4.78, 5) is 39.3. The number of benzene rings is 1. The lowest BCUT2D eigenvalue weighted by Gasteiger charge is -2.31. The van der Waals surface area contributed by atoms with Crippen LogP contribution in [0.25, 0.3) is 0 Å². The number of halogens is 1. The van der Waals surface area contributed by atoms with Crippen LogP contribution in [0.2, 0.25) is 0 Å². The second-order valence-electron chi connectivity index (χ2n) is 6.32. The number of carbonyl (C=O) groups is 3. The van der Waals surface area contributed by atoms with E-state index in [2.05, 4.69) is 15.9 Å². The number of aliphatic carboxylic acids is 1. The lowest BCUT2D eigenvalue weighted by Crippen LogP contribution is -2.43. The third-order valence-electron chi connectivity index (χ3n) is 4.75. The molecular formula is C17H19BrN2O4. The van der Waals surface area contributed by atoms with Crippen LogP contribution >= 0.6 is 15.9 Å². The van der Waals surface area contributed by atoms with Gasteiger partial charge in [-0.1, -0.05) is 22.0 Å². The Kier molecular flexibility index (Phi) is 4.89. The molecule has 1 aromatic rings. The fraction of sp³-hybridized carbons (Fsp3) is 0.471. The molecule has 0 bridgehead atoms. The van der Waals surface area contributed by atoms with Crippen LogP contribution in [0.4, 0.5) is 5.69 Å². The fourth-order valence-corrected chi connectivity index (χ4v) is 3.76. The number of anilines is 1. The standard InChI is InChI=1S/C17H19BrN2O4/c18-13-2-1-3-14(9-13)20-10-12(8-15(20)21)16(22)19-6-4-11(5-7-19)17(23)24/h1-3,9,11-12H,4-8,10H2,(H,23,24). The third kappa shape index (κ3) is 3.45. The van der Waals surface area contributed by atoms with Gasteiger partial charge in [-0.15, -0.1) is 0 Å². The molecule has 2 aliphatic heterocycles. The van der Waals surface area contributed by atoms with E-state index in [1.807, 2.05) is 24.3 Å². The summed E-state index contributed by atoms with van der Waals surface area (Å²) < 4.78 is 0.887. The zero-order valence-electron chi connectivity index (χ0n) is 13.2. The predicted octanol–water partition coefficient (Wildman–Crippen LogP) is 2.13. The van der Waals surface area contributed by atoms with Gasteiger partial charge in [-0.25, -0.2) is 0 Å². The minimum Gasteiger partial charge on any atom is -0.481 e. The molecule has 0 aliphatic carbocycles. The number of carboxylic acids is 1. The minimum absolute atomic E-state index is 0.0373. The summed E-state index contributed by atoms with van der Waals surface area (Å²) in [5.41, 5.74) is 0.786. The van der Waals surface area contributed by atoms with E-state index >= 15 is 0 Å². The lowest BCUT2D eigenvalue weighted by atomic mass is 9.95. The number of rotatable bonds is 3. The van der Waals surface area contributed by atoms with Crippen molar-refractivity contribution >= 4 is 39.4 Å². The molecule has 2 saturated heterocycles. The molecule has 0 radical (unpaired) electrons.